The summed E-state index contributed by atoms with van der Waals surface area (Å²) in [4.78, 5) is 35.6. The minimum Gasteiger partial charge on any atom is -0.390 e. The first-order valence-corrected chi connectivity index (χ1v) is 8.26. The molecule has 0 saturated carbocycles. The topological polar surface area (TPSA) is 154 Å². The average Bonchev–Trinajstić information content (AvgIpc) is 2.50. The van der Waals surface area contributed by atoms with Crippen LogP contribution in [-0.4, -0.2) is 65.8 Å². The summed E-state index contributed by atoms with van der Waals surface area (Å²) in [6, 6.07) is -1.72. The Balaban J connectivity index is 2.87. The van der Waals surface area contributed by atoms with Crippen LogP contribution in [0.3, 0.4) is 0 Å². The number of aliphatic hydroxyl groups excluding tert-OH is 2. The number of carbonyl (C=O) groups excluding carboxylic acids is 3. The number of likely N-dealkylation sites (N-methyl/N-ethyl adjacent to an activating group) is 1. The van der Waals surface area contributed by atoms with Gasteiger partial charge in [0.2, 0.25) is 17.7 Å². The summed E-state index contributed by atoms with van der Waals surface area (Å²) < 4.78 is 0. The Hall–Kier alpha value is -1.97. The van der Waals surface area contributed by atoms with Crippen molar-refractivity contribution in [3.05, 3.63) is 11.6 Å². The first-order valence-electron chi connectivity index (χ1n) is 8.26. The van der Waals surface area contributed by atoms with Crippen molar-refractivity contribution < 1.29 is 24.6 Å². The molecule has 0 aromatic carbocycles. The van der Waals surface area contributed by atoms with E-state index >= 15 is 0 Å². The van der Waals surface area contributed by atoms with Crippen LogP contribution in [0.2, 0.25) is 0 Å². The standard InChI is InChI=1S/C16H28N4O5/c1-8(2)4-11(15(17)24)20-16(25)9-5-10(14(23)12(21)6-9)19-13(22)7-18-3/h5,8,10-12,14,18,21,23H,4,6-7H2,1-3H3,(H2,17,24)(H,19,22)(H,20,25)/t10-,11-,12-,14-/m1/s1. The maximum Gasteiger partial charge on any atom is 0.247 e. The number of nitrogens with two attached hydrogens (primary N) is 1. The van der Waals surface area contributed by atoms with Gasteiger partial charge in [0.25, 0.3) is 0 Å². The van der Waals surface area contributed by atoms with Gasteiger partial charge in [-0.25, -0.2) is 0 Å². The lowest BCUT2D eigenvalue weighted by atomic mass is 9.89. The summed E-state index contributed by atoms with van der Waals surface area (Å²) in [5, 5.41) is 27.7. The van der Waals surface area contributed by atoms with Crippen molar-refractivity contribution in [3.63, 3.8) is 0 Å². The van der Waals surface area contributed by atoms with Crippen LogP contribution in [-0.2, 0) is 14.4 Å². The largest absolute Gasteiger partial charge is 0.390 e. The molecule has 3 amide bonds. The van der Waals surface area contributed by atoms with E-state index in [2.05, 4.69) is 16.0 Å². The summed E-state index contributed by atoms with van der Waals surface area (Å²) >= 11 is 0. The molecule has 0 saturated heterocycles. The molecule has 9 nitrogen and oxygen atoms in total. The predicted molar refractivity (Wildman–Crippen MR) is 91.2 cm³/mol. The maximum absolute atomic E-state index is 12.4. The smallest absolute Gasteiger partial charge is 0.247 e. The van der Waals surface area contributed by atoms with E-state index in [-0.39, 0.29) is 30.4 Å². The summed E-state index contributed by atoms with van der Waals surface area (Å²) in [6.07, 6.45) is -0.726. The van der Waals surface area contributed by atoms with Gasteiger partial charge in [0, 0.05) is 12.0 Å². The van der Waals surface area contributed by atoms with Crippen molar-refractivity contribution in [2.24, 2.45) is 11.7 Å². The lowest BCUT2D eigenvalue weighted by Gasteiger charge is -2.31. The van der Waals surface area contributed by atoms with Gasteiger partial charge in [0.15, 0.2) is 0 Å². The normalized spacial score (nSPS) is 24.4. The van der Waals surface area contributed by atoms with Crippen LogP contribution in [0.15, 0.2) is 11.6 Å². The van der Waals surface area contributed by atoms with Crippen LogP contribution in [0.1, 0.15) is 26.7 Å². The van der Waals surface area contributed by atoms with Gasteiger partial charge in [-0.1, -0.05) is 19.9 Å². The van der Waals surface area contributed by atoms with E-state index < -0.39 is 36.1 Å². The summed E-state index contributed by atoms with van der Waals surface area (Å²) in [6.45, 7) is 3.83. The molecule has 0 spiro atoms. The third kappa shape index (κ3) is 6.45. The number of nitrogens with one attached hydrogen (secondary N) is 3. The van der Waals surface area contributed by atoms with Crippen molar-refractivity contribution in [3.8, 4) is 0 Å². The molecule has 0 unspecified atom stereocenters. The fourth-order valence-electron chi connectivity index (χ4n) is 2.63. The van der Waals surface area contributed by atoms with Crippen molar-refractivity contribution in [2.45, 2.75) is 51.0 Å². The molecule has 0 aromatic rings. The second kappa shape index (κ2) is 9.50. The van der Waals surface area contributed by atoms with Crippen LogP contribution in [0.25, 0.3) is 0 Å². The molecule has 0 fully saturated rings. The zero-order chi connectivity index (χ0) is 19.1. The van der Waals surface area contributed by atoms with Gasteiger partial charge in [-0.05, 0) is 19.4 Å². The van der Waals surface area contributed by atoms with E-state index in [0.717, 1.165) is 0 Å². The molecule has 0 bridgehead atoms. The van der Waals surface area contributed by atoms with Gasteiger partial charge in [-0.2, -0.15) is 0 Å². The third-order valence-electron chi connectivity index (χ3n) is 3.88. The Bertz CT molecular complexity index is 535. The molecule has 7 N–H and O–H groups in total. The fraction of sp³-hybridized carbons (Fsp3) is 0.688. The number of amides is 3. The summed E-state index contributed by atoms with van der Waals surface area (Å²) in [5.74, 6) is -1.42. The Morgan fingerprint density at radius 2 is 1.96 bits per heavy atom. The Labute approximate surface area is 147 Å². The number of rotatable bonds is 8. The highest BCUT2D eigenvalue weighted by Crippen LogP contribution is 2.20. The Kier molecular flexibility index (Phi) is 8.01. The Morgan fingerprint density at radius 1 is 1.32 bits per heavy atom. The molecule has 1 aliphatic carbocycles. The molecule has 25 heavy (non-hydrogen) atoms. The number of hydrogen-bond acceptors (Lipinski definition) is 6. The molecule has 0 heterocycles. The maximum atomic E-state index is 12.4. The minimum absolute atomic E-state index is 0.0345. The number of aliphatic hydroxyl groups is 2. The lowest BCUT2D eigenvalue weighted by molar-refractivity contribution is -0.126. The Morgan fingerprint density at radius 3 is 2.48 bits per heavy atom. The van der Waals surface area contributed by atoms with E-state index in [0.29, 0.717) is 6.42 Å². The number of hydrogen-bond donors (Lipinski definition) is 6. The molecule has 4 atom stereocenters. The second-order valence-corrected chi connectivity index (χ2v) is 6.64. The van der Waals surface area contributed by atoms with Gasteiger partial charge in [0.05, 0.1) is 18.7 Å². The highest BCUT2D eigenvalue weighted by atomic mass is 16.3. The van der Waals surface area contributed by atoms with Crippen LogP contribution in [0.4, 0.5) is 0 Å². The van der Waals surface area contributed by atoms with Gasteiger partial charge in [-0.3, -0.25) is 14.4 Å². The zero-order valence-corrected chi connectivity index (χ0v) is 14.8. The molecule has 9 heteroatoms. The van der Waals surface area contributed by atoms with E-state index in [1.54, 1.807) is 7.05 Å². The molecular formula is C16H28N4O5. The molecule has 0 aromatic heterocycles. The predicted octanol–water partition coefficient (Wildman–Crippen LogP) is -2.24. The van der Waals surface area contributed by atoms with Gasteiger partial charge in [-0.15, -0.1) is 0 Å². The highest BCUT2D eigenvalue weighted by Gasteiger charge is 2.34. The van der Waals surface area contributed by atoms with E-state index in [4.69, 9.17) is 5.73 Å². The third-order valence-corrected chi connectivity index (χ3v) is 3.88. The van der Waals surface area contributed by atoms with E-state index in [1.165, 1.54) is 6.08 Å². The van der Waals surface area contributed by atoms with Gasteiger partial charge in [0.1, 0.15) is 12.1 Å². The first-order chi connectivity index (χ1) is 11.6. The fourth-order valence-corrected chi connectivity index (χ4v) is 2.63. The molecule has 142 valence electrons. The van der Waals surface area contributed by atoms with Crippen LogP contribution >= 0.6 is 0 Å². The number of primary amides is 1. The molecule has 1 aliphatic rings. The summed E-state index contributed by atoms with van der Waals surface area (Å²) in [5.41, 5.74) is 5.50. The minimum atomic E-state index is -1.22. The second-order valence-electron chi connectivity index (χ2n) is 6.64. The van der Waals surface area contributed by atoms with E-state index in [1.807, 2.05) is 13.8 Å². The average molecular weight is 356 g/mol. The monoisotopic (exact) mass is 356 g/mol. The van der Waals surface area contributed by atoms with Crippen molar-refractivity contribution in [1.29, 1.82) is 0 Å². The molecule has 0 aliphatic heterocycles. The SMILES string of the molecule is CNCC(=O)N[C@@H]1C=C(C(=O)N[C@H](CC(C)C)C(N)=O)C[C@@H](O)[C@@H]1O. The van der Waals surface area contributed by atoms with Crippen molar-refractivity contribution >= 4 is 17.7 Å². The van der Waals surface area contributed by atoms with Crippen LogP contribution in [0.5, 0.6) is 0 Å². The quantitative estimate of drug-likeness (QED) is 0.289. The zero-order valence-electron chi connectivity index (χ0n) is 14.8. The van der Waals surface area contributed by atoms with Crippen LogP contribution in [0, 0.1) is 5.92 Å². The molecule has 0 radical (unpaired) electrons. The number of carbonyl (C=O) groups is 3. The lowest BCUT2D eigenvalue weighted by Crippen LogP contribution is -2.53. The van der Waals surface area contributed by atoms with Gasteiger partial charge >= 0.3 is 0 Å². The first kappa shape index (κ1) is 21.1. The van der Waals surface area contributed by atoms with Crippen molar-refractivity contribution in [2.75, 3.05) is 13.6 Å². The molecule has 1 rings (SSSR count). The van der Waals surface area contributed by atoms with E-state index in [9.17, 15) is 24.6 Å². The molecular weight excluding hydrogens is 328 g/mol. The van der Waals surface area contributed by atoms with Crippen molar-refractivity contribution in [1.82, 2.24) is 16.0 Å². The highest BCUT2D eigenvalue weighted by molar-refractivity contribution is 5.97. The summed E-state index contributed by atoms with van der Waals surface area (Å²) in [7, 11) is 1.60. The van der Waals surface area contributed by atoms with Gasteiger partial charge < -0.3 is 31.9 Å². The van der Waals surface area contributed by atoms with Crippen LogP contribution < -0.4 is 21.7 Å².